The fourth-order valence-electron chi connectivity index (χ4n) is 1.24. The van der Waals surface area contributed by atoms with Gasteiger partial charge in [-0.2, -0.15) is 0 Å². The predicted octanol–water partition coefficient (Wildman–Crippen LogP) is -0.236. The molecule has 16 heavy (non-hydrogen) atoms. The molecule has 0 aliphatic carbocycles. The van der Waals surface area contributed by atoms with Gasteiger partial charge in [-0.15, -0.1) is 0 Å². The third-order valence-electron chi connectivity index (χ3n) is 2.06. The Morgan fingerprint density at radius 3 is 2.56 bits per heavy atom. The van der Waals surface area contributed by atoms with Crippen molar-refractivity contribution in [2.75, 3.05) is 13.2 Å². The second-order valence-corrected chi connectivity index (χ2v) is 3.43. The molecule has 0 saturated carbocycles. The van der Waals surface area contributed by atoms with Gasteiger partial charge in [-0.05, 0) is 24.1 Å². The van der Waals surface area contributed by atoms with Crippen LogP contribution < -0.4 is 11.5 Å². The Balaban J connectivity index is 2.47. The van der Waals surface area contributed by atoms with Gasteiger partial charge in [-0.3, -0.25) is 4.79 Å². The van der Waals surface area contributed by atoms with Gasteiger partial charge in [0, 0.05) is 6.54 Å². The fraction of sp³-hybridized carbons (Fsp3) is 0.364. The van der Waals surface area contributed by atoms with E-state index >= 15 is 0 Å². The number of nitrogens with two attached hydrogens (primary N) is 2. The third-order valence-corrected chi connectivity index (χ3v) is 2.06. The highest BCUT2D eigenvalue weighted by Gasteiger charge is 2.15. The van der Waals surface area contributed by atoms with Gasteiger partial charge in [0.2, 0.25) is 0 Å². The Hall–Kier alpha value is -1.59. The van der Waals surface area contributed by atoms with Crippen molar-refractivity contribution in [1.82, 2.24) is 0 Å². The maximum atomic E-state index is 11.3. The molecule has 0 radical (unpaired) electrons. The van der Waals surface area contributed by atoms with E-state index in [0.717, 1.165) is 5.56 Å². The van der Waals surface area contributed by atoms with Crippen molar-refractivity contribution in [1.29, 1.82) is 0 Å². The maximum Gasteiger partial charge on any atom is 0.323 e. The molecule has 5 heteroatoms. The molecule has 0 aliphatic rings. The average Bonchev–Trinajstić information content (AvgIpc) is 2.29. The van der Waals surface area contributed by atoms with Gasteiger partial charge in [0.1, 0.15) is 18.4 Å². The van der Waals surface area contributed by atoms with Crippen LogP contribution in [0, 0.1) is 0 Å². The maximum absolute atomic E-state index is 11.3. The molecule has 1 atom stereocenters. The van der Waals surface area contributed by atoms with E-state index in [-0.39, 0.29) is 18.9 Å². The lowest BCUT2D eigenvalue weighted by atomic mass is 10.1. The first-order chi connectivity index (χ1) is 7.63. The van der Waals surface area contributed by atoms with E-state index < -0.39 is 12.0 Å². The first kappa shape index (κ1) is 12.5. The van der Waals surface area contributed by atoms with Crippen molar-refractivity contribution in [2.45, 2.75) is 12.5 Å². The van der Waals surface area contributed by atoms with Crippen molar-refractivity contribution in [3.8, 4) is 5.75 Å². The minimum absolute atomic E-state index is 0.183. The Morgan fingerprint density at radius 1 is 1.38 bits per heavy atom. The Bertz CT molecular complexity index is 338. The summed E-state index contributed by atoms with van der Waals surface area (Å²) < 4.78 is 4.81. The number of esters is 1. The monoisotopic (exact) mass is 224 g/mol. The first-order valence-corrected chi connectivity index (χ1v) is 5.03. The summed E-state index contributed by atoms with van der Waals surface area (Å²) in [6.07, 6.45) is 0.379. The van der Waals surface area contributed by atoms with Crippen molar-refractivity contribution in [3.63, 3.8) is 0 Å². The van der Waals surface area contributed by atoms with Gasteiger partial charge in [0.05, 0.1) is 0 Å². The zero-order valence-electron chi connectivity index (χ0n) is 8.93. The molecule has 5 nitrogen and oxygen atoms in total. The predicted molar refractivity (Wildman–Crippen MR) is 59.8 cm³/mol. The molecule has 0 amide bonds. The van der Waals surface area contributed by atoms with E-state index in [0.29, 0.717) is 6.42 Å². The minimum Gasteiger partial charge on any atom is -0.508 e. The fourth-order valence-corrected chi connectivity index (χ4v) is 1.24. The number of aromatic hydroxyl groups is 1. The highest BCUT2D eigenvalue weighted by Crippen LogP contribution is 2.11. The lowest BCUT2D eigenvalue weighted by Gasteiger charge is -2.10. The number of hydrogen-bond acceptors (Lipinski definition) is 5. The lowest BCUT2D eigenvalue weighted by Crippen LogP contribution is -2.35. The molecule has 0 bridgehead atoms. The Morgan fingerprint density at radius 2 is 2.00 bits per heavy atom. The van der Waals surface area contributed by atoms with Crippen LogP contribution in [0.2, 0.25) is 0 Å². The van der Waals surface area contributed by atoms with Gasteiger partial charge >= 0.3 is 5.97 Å². The van der Waals surface area contributed by atoms with E-state index in [2.05, 4.69) is 0 Å². The van der Waals surface area contributed by atoms with Crippen LogP contribution >= 0.6 is 0 Å². The third kappa shape index (κ3) is 3.88. The van der Waals surface area contributed by atoms with E-state index in [9.17, 15) is 4.79 Å². The smallest absolute Gasteiger partial charge is 0.323 e. The van der Waals surface area contributed by atoms with Crippen LogP contribution in [0.5, 0.6) is 5.75 Å². The molecule has 0 unspecified atom stereocenters. The van der Waals surface area contributed by atoms with Gasteiger partial charge in [-0.1, -0.05) is 12.1 Å². The molecule has 0 aliphatic heterocycles. The number of phenolic OH excluding ortho intramolecular Hbond substituents is 1. The van der Waals surface area contributed by atoms with Crippen LogP contribution in [-0.4, -0.2) is 30.3 Å². The molecule has 1 aromatic carbocycles. The molecule has 5 N–H and O–H groups in total. The highest BCUT2D eigenvalue weighted by atomic mass is 16.5. The van der Waals surface area contributed by atoms with Crippen molar-refractivity contribution >= 4 is 5.97 Å². The summed E-state index contributed by atoms with van der Waals surface area (Å²) >= 11 is 0. The van der Waals surface area contributed by atoms with Crippen molar-refractivity contribution in [2.24, 2.45) is 11.5 Å². The van der Waals surface area contributed by atoms with E-state index in [1.807, 2.05) is 0 Å². The summed E-state index contributed by atoms with van der Waals surface area (Å²) in [4.78, 5) is 11.3. The molecule has 0 aromatic heterocycles. The van der Waals surface area contributed by atoms with Gasteiger partial charge in [0.25, 0.3) is 0 Å². The zero-order chi connectivity index (χ0) is 12.0. The first-order valence-electron chi connectivity index (χ1n) is 5.03. The number of carbonyl (C=O) groups is 1. The van der Waals surface area contributed by atoms with Crippen LogP contribution in [-0.2, 0) is 16.0 Å². The van der Waals surface area contributed by atoms with Crippen molar-refractivity contribution in [3.05, 3.63) is 29.8 Å². The molecule has 0 fully saturated rings. The number of hydrogen-bond donors (Lipinski definition) is 3. The quantitative estimate of drug-likeness (QED) is 0.600. The van der Waals surface area contributed by atoms with Crippen molar-refractivity contribution < 1.29 is 14.6 Å². The molecule has 0 heterocycles. The van der Waals surface area contributed by atoms with Crippen LogP contribution in [0.1, 0.15) is 5.56 Å². The molecule has 1 rings (SSSR count). The highest BCUT2D eigenvalue weighted by molar-refractivity contribution is 5.75. The lowest BCUT2D eigenvalue weighted by molar-refractivity contribution is -0.144. The number of rotatable bonds is 5. The number of ether oxygens (including phenoxy) is 1. The summed E-state index contributed by atoms with van der Waals surface area (Å²) in [7, 11) is 0. The Labute approximate surface area is 94.0 Å². The number of carbonyl (C=O) groups excluding carboxylic acids is 1. The van der Waals surface area contributed by atoms with Crippen LogP contribution in [0.15, 0.2) is 24.3 Å². The molecular weight excluding hydrogens is 208 g/mol. The second kappa shape index (κ2) is 6.09. The summed E-state index contributed by atoms with van der Waals surface area (Å²) in [5.74, 6) is -0.276. The SMILES string of the molecule is NCCOC(=O)[C@@H](N)Cc1ccc(O)cc1. The standard InChI is InChI=1S/C11H16N2O3/c12-5-6-16-11(15)10(13)7-8-1-3-9(14)4-2-8/h1-4,10,14H,5-7,12-13H2/t10-/m0/s1. The second-order valence-electron chi connectivity index (χ2n) is 3.43. The van der Waals surface area contributed by atoms with Crippen LogP contribution in [0.25, 0.3) is 0 Å². The summed E-state index contributed by atoms with van der Waals surface area (Å²) in [5.41, 5.74) is 11.7. The normalized spacial score (nSPS) is 12.1. The van der Waals surface area contributed by atoms with E-state index in [4.69, 9.17) is 21.3 Å². The Kier molecular flexibility index (Phi) is 4.75. The molecular formula is C11H16N2O3. The zero-order valence-corrected chi connectivity index (χ0v) is 8.93. The van der Waals surface area contributed by atoms with Crippen LogP contribution in [0.4, 0.5) is 0 Å². The van der Waals surface area contributed by atoms with E-state index in [1.165, 1.54) is 0 Å². The van der Waals surface area contributed by atoms with E-state index in [1.54, 1.807) is 24.3 Å². The van der Waals surface area contributed by atoms with Gasteiger partial charge < -0.3 is 21.3 Å². The average molecular weight is 224 g/mol. The van der Waals surface area contributed by atoms with Gasteiger partial charge in [0.15, 0.2) is 0 Å². The molecule has 88 valence electrons. The largest absolute Gasteiger partial charge is 0.508 e. The molecule has 1 aromatic rings. The molecule has 0 spiro atoms. The number of phenols is 1. The summed E-state index contributed by atoms with van der Waals surface area (Å²) in [6, 6.07) is 5.83. The minimum atomic E-state index is -0.698. The molecule has 0 saturated heterocycles. The summed E-state index contributed by atoms with van der Waals surface area (Å²) in [6.45, 7) is 0.472. The van der Waals surface area contributed by atoms with Gasteiger partial charge in [-0.25, -0.2) is 0 Å². The summed E-state index contributed by atoms with van der Waals surface area (Å²) in [5, 5.41) is 9.08. The topological polar surface area (TPSA) is 98.6 Å². The number of benzene rings is 1. The van der Waals surface area contributed by atoms with Crippen LogP contribution in [0.3, 0.4) is 0 Å².